The Kier molecular flexibility index (Phi) is 5.76. The van der Waals surface area contributed by atoms with Gasteiger partial charge in [-0.25, -0.2) is 4.98 Å². The van der Waals surface area contributed by atoms with Crippen molar-refractivity contribution in [1.29, 1.82) is 0 Å². The van der Waals surface area contributed by atoms with Crippen molar-refractivity contribution in [3.8, 4) is 5.75 Å². The van der Waals surface area contributed by atoms with Gasteiger partial charge >= 0.3 is 0 Å². The van der Waals surface area contributed by atoms with E-state index in [0.29, 0.717) is 34.0 Å². The SMILES string of the molecule is CCN(Cc1nc2ccccc2c(=O)[nH]1)C(=O)COc1ccc(Cl)cc1C. The number of carbonyl (C=O) groups is 1. The molecule has 1 amide bonds. The molecule has 27 heavy (non-hydrogen) atoms. The minimum Gasteiger partial charge on any atom is -0.483 e. The van der Waals surface area contributed by atoms with Crippen molar-refractivity contribution in [2.75, 3.05) is 13.2 Å². The average molecular weight is 386 g/mol. The number of halogens is 1. The Morgan fingerprint density at radius 1 is 1.26 bits per heavy atom. The second kappa shape index (κ2) is 8.22. The van der Waals surface area contributed by atoms with E-state index in [1.54, 1.807) is 41.3 Å². The molecule has 7 heteroatoms. The fourth-order valence-electron chi connectivity index (χ4n) is 2.77. The summed E-state index contributed by atoms with van der Waals surface area (Å²) in [7, 11) is 0. The minimum atomic E-state index is -0.216. The molecule has 1 N–H and O–H groups in total. The van der Waals surface area contributed by atoms with Crippen LogP contribution in [0.4, 0.5) is 0 Å². The van der Waals surface area contributed by atoms with E-state index < -0.39 is 0 Å². The van der Waals surface area contributed by atoms with E-state index in [9.17, 15) is 9.59 Å². The number of likely N-dealkylation sites (N-methyl/N-ethyl adjacent to an activating group) is 1. The first-order chi connectivity index (χ1) is 13.0. The zero-order chi connectivity index (χ0) is 19.4. The summed E-state index contributed by atoms with van der Waals surface area (Å²) in [5.74, 6) is 0.861. The molecular formula is C20H20ClN3O3. The van der Waals surface area contributed by atoms with Crippen LogP contribution in [0.25, 0.3) is 10.9 Å². The third-order valence-electron chi connectivity index (χ3n) is 4.23. The van der Waals surface area contributed by atoms with Crippen LogP contribution in [0, 0.1) is 6.92 Å². The van der Waals surface area contributed by atoms with Gasteiger partial charge in [-0.3, -0.25) is 9.59 Å². The van der Waals surface area contributed by atoms with Crippen molar-refractivity contribution in [2.24, 2.45) is 0 Å². The number of nitrogens with one attached hydrogen (secondary N) is 1. The van der Waals surface area contributed by atoms with Crippen LogP contribution < -0.4 is 10.3 Å². The maximum absolute atomic E-state index is 12.5. The Labute approximate surface area is 161 Å². The molecule has 1 heterocycles. The Morgan fingerprint density at radius 2 is 2.04 bits per heavy atom. The lowest BCUT2D eigenvalue weighted by atomic mass is 10.2. The first-order valence-electron chi connectivity index (χ1n) is 8.62. The highest BCUT2D eigenvalue weighted by Crippen LogP contribution is 2.21. The summed E-state index contributed by atoms with van der Waals surface area (Å²) >= 11 is 5.93. The van der Waals surface area contributed by atoms with Crippen LogP contribution in [0.2, 0.25) is 5.02 Å². The molecule has 1 aromatic heterocycles. The number of para-hydroxylation sites is 1. The summed E-state index contributed by atoms with van der Waals surface area (Å²) in [4.78, 5) is 33.5. The molecule has 0 saturated heterocycles. The summed E-state index contributed by atoms with van der Waals surface area (Å²) in [6.45, 7) is 4.31. The topological polar surface area (TPSA) is 75.3 Å². The lowest BCUT2D eigenvalue weighted by molar-refractivity contribution is -0.133. The number of nitrogens with zero attached hydrogens (tertiary/aromatic N) is 2. The zero-order valence-electron chi connectivity index (χ0n) is 15.2. The molecule has 3 rings (SSSR count). The molecule has 0 atom stereocenters. The first-order valence-corrected chi connectivity index (χ1v) is 9.00. The predicted molar refractivity (Wildman–Crippen MR) is 105 cm³/mol. The second-order valence-electron chi connectivity index (χ2n) is 6.14. The number of fused-ring (bicyclic) bond motifs is 1. The van der Waals surface area contributed by atoms with Crippen molar-refractivity contribution in [3.05, 3.63) is 69.2 Å². The number of amides is 1. The van der Waals surface area contributed by atoms with E-state index in [4.69, 9.17) is 16.3 Å². The van der Waals surface area contributed by atoms with Crippen molar-refractivity contribution >= 4 is 28.4 Å². The fraction of sp³-hybridized carbons (Fsp3) is 0.250. The van der Waals surface area contributed by atoms with Crippen LogP contribution in [-0.2, 0) is 11.3 Å². The molecule has 0 fully saturated rings. The standard InChI is InChI=1S/C20H20ClN3O3/c1-3-24(19(25)12-27-17-9-8-14(21)10-13(17)2)11-18-22-16-7-5-4-6-15(16)20(26)23-18/h4-10H,3,11-12H2,1-2H3,(H,22,23,26). The average Bonchev–Trinajstić information content (AvgIpc) is 2.65. The molecule has 0 saturated carbocycles. The molecule has 6 nitrogen and oxygen atoms in total. The van der Waals surface area contributed by atoms with Crippen LogP contribution in [0.1, 0.15) is 18.3 Å². The fourth-order valence-corrected chi connectivity index (χ4v) is 3.00. The molecule has 0 aliphatic rings. The summed E-state index contributed by atoms with van der Waals surface area (Å²) in [6, 6.07) is 12.3. The van der Waals surface area contributed by atoms with Crippen LogP contribution in [0.3, 0.4) is 0 Å². The third-order valence-corrected chi connectivity index (χ3v) is 4.46. The molecule has 0 spiro atoms. The number of ether oxygens (including phenoxy) is 1. The van der Waals surface area contributed by atoms with Crippen molar-refractivity contribution < 1.29 is 9.53 Å². The van der Waals surface area contributed by atoms with Crippen molar-refractivity contribution in [1.82, 2.24) is 14.9 Å². The van der Waals surface area contributed by atoms with Gasteiger partial charge in [0.25, 0.3) is 11.5 Å². The number of H-pyrrole nitrogens is 1. The third kappa shape index (κ3) is 4.46. The molecule has 0 aliphatic carbocycles. The molecule has 0 aliphatic heterocycles. The van der Waals surface area contributed by atoms with Crippen molar-refractivity contribution in [2.45, 2.75) is 20.4 Å². The van der Waals surface area contributed by atoms with Gasteiger partial charge in [-0.1, -0.05) is 23.7 Å². The first kappa shape index (κ1) is 18.9. The van der Waals surface area contributed by atoms with Crippen LogP contribution in [-0.4, -0.2) is 33.9 Å². The number of aryl methyl sites for hydroxylation is 1. The number of hydrogen-bond donors (Lipinski definition) is 1. The predicted octanol–water partition coefficient (Wildman–Crippen LogP) is 3.31. The normalized spacial score (nSPS) is 10.8. The maximum atomic E-state index is 12.5. The van der Waals surface area contributed by atoms with E-state index in [1.165, 1.54) is 0 Å². The quantitative estimate of drug-likeness (QED) is 0.706. The highest BCUT2D eigenvalue weighted by atomic mass is 35.5. The van der Waals surface area contributed by atoms with Gasteiger partial charge in [-0.2, -0.15) is 0 Å². The smallest absolute Gasteiger partial charge is 0.260 e. The largest absolute Gasteiger partial charge is 0.483 e. The molecule has 140 valence electrons. The monoisotopic (exact) mass is 385 g/mol. The van der Waals surface area contributed by atoms with E-state index in [2.05, 4.69) is 9.97 Å². The van der Waals surface area contributed by atoms with Gasteiger partial charge in [-0.15, -0.1) is 0 Å². The van der Waals surface area contributed by atoms with Crippen LogP contribution >= 0.6 is 11.6 Å². The highest BCUT2D eigenvalue weighted by Gasteiger charge is 2.15. The number of carbonyl (C=O) groups excluding carboxylic acids is 1. The van der Waals surface area contributed by atoms with E-state index >= 15 is 0 Å². The molecule has 0 unspecified atom stereocenters. The summed E-state index contributed by atoms with van der Waals surface area (Å²) in [5.41, 5.74) is 1.25. The molecular weight excluding hydrogens is 366 g/mol. The molecule has 0 bridgehead atoms. The number of aromatic nitrogens is 2. The summed E-state index contributed by atoms with van der Waals surface area (Å²) in [6.07, 6.45) is 0. The maximum Gasteiger partial charge on any atom is 0.260 e. The van der Waals surface area contributed by atoms with Gasteiger partial charge in [0.05, 0.1) is 17.4 Å². The molecule has 0 radical (unpaired) electrons. The Morgan fingerprint density at radius 3 is 2.78 bits per heavy atom. The van der Waals surface area contributed by atoms with Gasteiger partial charge in [0.1, 0.15) is 11.6 Å². The van der Waals surface area contributed by atoms with Crippen LogP contribution in [0.15, 0.2) is 47.3 Å². The van der Waals surface area contributed by atoms with E-state index in [0.717, 1.165) is 5.56 Å². The summed E-state index contributed by atoms with van der Waals surface area (Å²) < 4.78 is 5.63. The van der Waals surface area contributed by atoms with Crippen LogP contribution in [0.5, 0.6) is 5.75 Å². The number of aromatic amines is 1. The van der Waals surface area contributed by atoms with Gasteiger partial charge in [0.2, 0.25) is 0 Å². The Bertz CT molecular complexity index is 1030. The van der Waals surface area contributed by atoms with Gasteiger partial charge < -0.3 is 14.6 Å². The second-order valence-corrected chi connectivity index (χ2v) is 6.57. The summed E-state index contributed by atoms with van der Waals surface area (Å²) in [5, 5.41) is 1.14. The number of benzene rings is 2. The van der Waals surface area contributed by atoms with Gasteiger partial charge in [-0.05, 0) is 49.7 Å². The molecule has 2 aromatic carbocycles. The lowest BCUT2D eigenvalue weighted by Gasteiger charge is -2.21. The lowest BCUT2D eigenvalue weighted by Crippen LogP contribution is -2.35. The minimum absolute atomic E-state index is 0.103. The number of hydrogen-bond acceptors (Lipinski definition) is 4. The highest BCUT2D eigenvalue weighted by molar-refractivity contribution is 6.30. The van der Waals surface area contributed by atoms with Gasteiger partial charge in [0, 0.05) is 11.6 Å². The number of rotatable bonds is 6. The molecule has 3 aromatic rings. The van der Waals surface area contributed by atoms with E-state index in [-0.39, 0.29) is 24.6 Å². The van der Waals surface area contributed by atoms with Gasteiger partial charge in [0.15, 0.2) is 6.61 Å². The zero-order valence-corrected chi connectivity index (χ0v) is 15.9. The van der Waals surface area contributed by atoms with E-state index in [1.807, 2.05) is 19.9 Å². The Balaban J connectivity index is 1.71. The Hall–Kier alpha value is -2.86. The van der Waals surface area contributed by atoms with Crippen molar-refractivity contribution in [3.63, 3.8) is 0 Å².